The molecular weight excluding hydrogens is 413 g/mol. The molecule has 4 nitrogen and oxygen atoms in total. The molecule has 0 bridgehead atoms. The number of aromatic nitrogens is 1. The second kappa shape index (κ2) is 9.41. The molecule has 0 aliphatic carbocycles. The number of nitrogens with one attached hydrogen (secondary N) is 2. The number of carbonyl (C=O) groups excluding carboxylic acids is 1. The molecule has 0 atom stereocenters. The molecule has 31 heavy (non-hydrogen) atoms. The molecule has 3 aromatic carbocycles. The average Bonchev–Trinajstić information content (AvgIpc) is 2.80. The molecule has 0 unspecified atom stereocenters. The summed E-state index contributed by atoms with van der Waals surface area (Å²) in [5.41, 5.74) is 3.53. The van der Waals surface area contributed by atoms with Gasteiger partial charge in [-0.05, 0) is 60.2 Å². The van der Waals surface area contributed by atoms with Gasteiger partial charge in [-0.1, -0.05) is 41.9 Å². The van der Waals surface area contributed by atoms with Crippen LogP contribution in [0, 0.1) is 5.82 Å². The lowest BCUT2D eigenvalue weighted by Crippen LogP contribution is -2.12. The highest BCUT2D eigenvalue weighted by Crippen LogP contribution is 2.28. The molecular formula is C25H19ClFN3O. The van der Waals surface area contributed by atoms with Crippen LogP contribution in [-0.4, -0.2) is 10.9 Å². The van der Waals surface area contributed by atoms with Gasteiger partial charge < -0.3 is 10.6 Å². The summed E-state index contributed by atoms with van der Waals surface area (Å²) in [5, 5.41) is 6.46. The Labute approximate surface area is 184 Å². The van der Waals surface area contributed by atoms with Crippen molar-refractivity contribution in [3.05, 3.63) is 113 Å². The molecule has 1 aromatic heterocycles. The first kappa shape index (κ1) is 20.6. The Morgan fingerprint density at radius 2 is 1.65 bits per heavy atom. The smallest absolute Gasteiger partial charge is 0.255 e. The van der Waals surface area contributed by atoms with Gasteiger partial charge in [0.25, 0.3) is 5.91 Å². The van der Waals surface area contributed by atoms with Crippen LogP contribution in [0.4, 0.5) is 15.8 Å². The molecule has 0 spiro atoms. The van der Waals surface area contributed by atoms with Crippen molar-refractivity contribution in [3.8, 4) is 11.3 Å². The third-order valence-electron chi connectivity index (χ3n) is 4.73. The van der Waals surface area contributed by atoms with E-state index in [1.165, 1.54) is 17.7 Å². The Bertz CT molecular complexity index is 1200. The van der Waals surface area contributed by atoms with Crippen LogP contribution in [0.5, 0.6) is 0 Å². The van der Waals surface area contributed by atoms with Crippen LogP contribution >= 0.6 is 11.6 Å². The van der Waals surface area contributed by atoms with E-state index >= 15 is 0 Å². The van der Waals surface area contributed by atoms with Gasteiger partial charge in [-0.3, -0.25) is 9.78 Å². The van der Waals surface area contributed by atoms with Crippen molar-refractivity contribution in [1.29, 1.82) is 0 Å². The third kappa shape index (κ3) is 5.08. The van der Waals surface area contributed by atoms with E-state index in [2.05, 4.69) is 15.6 Å². The van der Waals surface area contributed by atoms with Crippen molar-refractivity contribution in [3.63, 3.8) is 0 Å². The van der Waals surface area contributed by atoms with Gasteiger partial charge in [-0.15, -0.1) is 0 Å². The zero-order chi connectivity index (χ0) is 21.6. The summed E-state index contributed by atoms with van der Waals surface area (Å²) in [6.07, 6.45) is 1.54. The number of nitrogens with zero attached hydrogens (tertiary/aromatic N) is 1. The van der Waals surface area contributed by atoms with E-state index < -0.39 is 11.7 Å². The summed E-state index contributed by atoms with van der Waals surface area (Å²) in [6.45, 7) is 0.707. The lowest BCUT2D eigenvalue weighted by Gasteiger charge is -2.10. The topological polar surface area (TPSA) is 54.0 Å². The second-order valence-corrected chi connectivity index (χ2v) is 7.31. The quantitative estimate of drug-likeness (QED) is 0.371. The normalized spacial score (nSPS) is 10.5. The molecule has 0 aliphatic heterocycles. The van der Waals surface area contributed by atoms with E-state index in [-0.39, 0.29) is 11.1 Å². The lowest BCUT2D eigenvalue weighted by atomic mass is 10.1. The fourth-order valence-electron chi connectivity index (χ4n) is 3.11. The first-order chi connectivity index (χ1) is 15.1. The molecule has 4 aromatic rings. The van der Waals surface area contributed by atoms with E-state index in [1.54, 1.807) is 36.5 Å². The van der Waals surface area contributed by atoms with Gasteiger partial charge in [0.15, 0.2) is 0 Å². The maximum absolute atomic E-state index is 14.6. The van der Waals surface area contributed by atoms with Crippen LogP contribution in [-0.2, 0) is 6.54 Å². The molecule has 1 heterocycles. The third-order valence-corrected chi connectivity index (χ3v) is 5.03. The van der Waals surface area contributed by atoms with Gasteiger partial charge in [-0.25, -0.2) is 4.39 Å². The largest absolute Gasteiger partial charge is 0.381 e. The molecule has 0 radical (unpaired) electrons. The van der Waals surface area contributed by atoms with Crippen molar-refractivity contribution < 1.29 is 9.18 Å². The number of rotatable bonds is 6. The zero-order valence-electron chi connectivity index (χ0n) is 16.5. The van der Waals surface area contributed by atoms with Crippen molar-refractivity contribution >= 4 is 28.9 Å². The molecule has 1 amide bonds. The SMILES string of the molecule is O=C(Nc1ccc(NCc2ccccc2)cc1)c1ccc(-c2ncccc2Cl)c(F)c1. The number of benzene rings is 3. The standard InChI is InChI=1S/C25H19ClFN3O/c26-22-7-4-14-28-24(22)21-13-8-18(15-23(21)27)25(31)30-20-11-9-19(10-12-20)29-16-17-5-2-1-3-6-17/h1-15,29H,16H2,(H,30,31). The highest BCUT2D eigenvalue weighted by molar-refractivity contribution is 6.33. The molecule has 0 saturated heterocycles. The highest BCUT2D eigenvalue weighted by Gasteiger charge is 2.14. The summed E-state index contributed by atoms with van der Waals surface area (Å²) >= 11 is 6.10. The van der Waals surface area contributed by atoms with E-state index in [1.807, 2.05) is 42.5 Å². The summed E-state index contributed by atoms with van der Waals surface area (Å²) in [6, 6.07) is 25.0. The van der Waals surface area contributed by atoms with Gasteiger partial charge in [0.2, 0.25) is 0 Å². The zero-order valence-corrected chi connectivity index (χ0v) is 17.2. The molecule has 0 saturated carbocycles. The van der Waals surface area contributed by atoms with Crippen molar-refractivity contribution in [1.82, 2.24) is 4.98 Å². The molecule has 0 fully saturated rings. The lowest BCUT2D eigenvalue weighted by molar-refractivity contribution is 0.102. The summed E-state index contributed by atoms with van der Waals surface area (Å²) in [7, 11) is 0. The van der Waals surface area contributed by atoms with Crippen LogP contribution in [0.2, 0.25) is 5.02 Å². The number of hydrogen-bond donors (Lipinski definition) is 2. The predicted octanol–water partition coefficient (Wildman–Crippen LogP) is 6.41. The van der Waals surface area contributed by atoms with Crippen molar-refractivity contribution in [2.45, 2.75) is 6.54 Å². The van der Waals surface area contributed by atoms with Crippen LogP contribution in [0.15, 0.2) is 91.1 Å². The van der Waals surface area contributed by atoms with E-state index in [4.69, 9.17) is 11.6 Å². The van der Waals surface area contributed by atoms with Crippen molar-refractivity contribution in [2.75, 3.05) is 10.6 Å². The van der Waals surface area contributed by atoms with E-state index in [0.717, 1.165) is 5.69 Å². The fourth-order valence-corrected chi connectivity index (χ4v) is 3.33. The average molecular weight is 432 g/mol. The molecule has 154 valence electrons. The number of anilines is 2. The summed E-state index contributed by atoms with van der Waals surface area (Å²) in [5.74, 6) is -0.962. The van der Waals surface area contributed by atoms with E-state index in [9.17, 15) is 9.18 Å². The maximum atomic E-state index is 14.6. The summed E-state index contributed by atoms with van der Waals surface area (Å²) < 4.78 is 14.6. The minimum atomic E-state index is -0.561. The van der Waals surface area contributed by atoms with Gasteiger partial charge in [0, 0.05) is 35.2 Å². The molecule has 4 rings (SSSR count). The van der Waals surface area contributed by atoms with Gasteiger partial charge in [0.05, 0.1) is 10.7 Å². The minimum Gasteiger partial charge on any atom is -0.381 e. The monoisotopic (exact) mass is 431 g/mol. The fraction of sp³-hybridized carbons (Fsp3) is 0.0400. The molecule has 2 N–H and O–H groups in total. The Hall–Kier alpha value is -3.70. The number of pyridine rings is 1. The van der Waals surface area contributed by atoms with Crippen LogP contribution in [0.25, 0.3) is 11.3 Å². The Kier molecular flexibility index (Phi) is 6.24. The number of hydrogen-bond acceptors (Lipinski definition) is 3. The summed E-state index contributed by atoms with van der Waals surface area (Å²) in [4.78, 5) is 16.7. The number of halogens is 2. The predicted molar refractivity (Wildman–Crippen MR) is 123 cm³/mol. The van der Waals surface area contributed by atoms with Crippen LogP contribution < -0.4 is 10.6 Å². The Morgan fingerprint density at radius 1 is 0.903 bits per heavy atom. The Balaban J connectivity index is 1.41. The van der Waals surface area contributed by atoms with Crippen molar-refractivity contribution in [2.24, 2.45) is 0 Å². The maximum Gasteiger partial charge on any atom is 0.255 e. The first-order valence-corrected chi connectivity index (χ1v) is 10.1. The van der Waals surface area contributed by atoms with Crippen LogP contribution in [0.1, 0.15) is 15.9 Å². The molecule has 0 aliphatic rings. The molecule has 6 heteroatoms. The number of amides is 1. The van der Waals surface area contributed by atoms with Crippen LogP contribution in [0.3, 0.4) is 0 Å². The van der Waals surface area contributed by atoms with Gasteiger partial charge in [0.1, 0.15) is 5.82 Å². The highest BCUT2D eigenvalue weighted by atomic mass is 35.5. The van der Waals surface area contributed by atoms with E-state index in [0.29, 0.717) is 22.9 Å². The minimum absolute atomic E-state index is 0.208. The number of carbonyl (C=O) groups is 1. The Morgan fingerprint density at radius 3 is 2.35 bits per heavy atom. The van der Waals surface area contributed by atoms with Gasteiger partial charge >= 0.3 is 0 Å². The first-order valence-electron chi connectivity index (χ1n) is 9.70. The second-order valence-electron chi connectivity index (χ2n) is 6.90. The van der Waals surface area contributed by atoms with Gasteiger partial charge in [-0.2, -0.15) is 0 Å².